The zero-order chi connectivity index (χ0) is 41.1. The van der Waals surface area contributed by atoms with E-state index < -0.39 is 0 Å². The summed E-state index contributed by atoms with van der Waals surface area (Å²) in [5.74, 6) is 1.48. The van der Waals surface area contributed by atoms with Crippen LogP contribution in [0, 0.1) is 17.3 Å². The number of nitrogens with one attached hydrogen (secondary N) is 1. The minimum Gasteiger partial charge on any atom is -0.466 e. The summed E-state index contributed by atoms with van der Waals surface area (Å²) in [6.45, 7) is 12.3. The van der Waals surface area contributed by atoms with Crippen molar-refractivity contribution in [2.24, 2.45) is 17.3 Å². The van der Waals surface area contributed by atoms with Gasteiger partial charge in [0.25, 0.3) is 0 Å². The van der Waals surface area contributed by atoms with Crippen LogP contribution in [0.5, 0.6) is 0 Å². The Balaban J connectivity index is 1.51. The predicted octanol–water partition coefficient (Wildman–Crippen LogP) is 14.8. The number of carbonyl (C=O) groups excluding carboxylic acids is 2. The molecule has 0 bridgehead atoms. The molecule has 1 heterocycles. The summed E-state index contributed by atoms with van der Waals surface area (Å²) in [4.78, 5) is 24.8. The first-order valence-electron chi connectivity index (χ1n) is 25.6. The minimum absolute atomic E-state index is 0.0146. The molecule has 1 spiro atoms. The first kappa shape index (κ1) is 52.0. The van der Waals surface area contributed by atoms with Crippen LogP contribution < -0.4 is 5.32 Å². The van der Waals surface area contributed by atoms with E-state index in [1.54, 1.807) is 0 Å². The highest BCUT2D eigenvalue weighted by Gasteiger charge is 2.49. The van der Waals surface area contributed by atoms with Crippen LogP contribution in [0.15, 0.2) is 0 Å². The highest BCUT2D eigenvalue weighted by Crippen LogP contribution is 2.47. The maximum absolute atomic E-state index is 12.4. The van der Waals surface area contributed by atoms with E-state index in [2.05, 4.69) is 33.0 Å². The van der Waals surface area contributed by atoms with Gasteiger partial charge in [0.2, 0.25) is 0 Å². The predicted molar refractivity (Wildman–Crippen MR) is 242 cm³/mol. The lowest BCUT2D eigenvalue weighted by Crippen LogP contribution is -2.60. The summed E-state index contributed by atoms with van der Waals surface area (Å²) in [5.41, 5.74) is 0.511. The second-order valence-corrected chi connectivity index (χ2v) is 19.0. The third kappa shape index (κ3) is 27.4. The number of hydrogen-bond donors (Lipinski definition) is 1. The Morgan fingerprint density at radius 2 is 0.842 bits per heavy atom. The van der Waals surface area contributed by atoms with Crippen LogP contribution in [0.4, 0.5) is 0 Å². The van der Waals surface area contributed by atoms with Crippen LogP contribution in [-0.2, 0) is 23.8 Å². The maximum atomic E-state index is 12.4. The third-order valence-corrected chi connectivity index (χ3v) is 13.5. The number of rotatable bonds is 42. The van der Waals surface area contributed by atoms with Crippen LogP contribution in [0.25, 0.3) is 0 Å². The largest absolute Gasteiger partial charge is 0.466 e. The second-order valence-electron chi connectivity index (χ2n) is 19.0. The molecule has 6 heteroatoms. The molecular weight excluding hydrogens is 707 g/mol. The van der Waals surface area contributed by atoms with Gasteiger partial charge in [0.15, 0.2) is 0 Å². The molecule has 1 aliphatic carbocycles. The summed E-state index contributed by atoms with van der Waals surface area (Å²) in [6.07, 6.45) is 43.6. The van der Waals surface area contributed by atoms with E-state index in [1.165, 1.54) is 180 Å². The zero-order valence-electron chi connectivity index (χ0n) is 38.6. The summed E-state index contributed by atoms with van der Waals surface area (Å²) >= 11 is 0. The average Bonchev–Trinajstić information content (AvgIpc) is 3.16. The average molecular weight is 804 g/mol. The molecule has 1 aliphatic heterocycles. The molecule has 2 aliphatic rings. The van der Waals surface area contributed by atoms with E-state index in [1.807, 2.05) is 0 Å². The fourth-order valence-electron chi connectivity index (χ4n) is 9.53. The Hall–Kier alpha value is -1.14. The Morgan fingerprint density at radius 3 is 1.19 bits per heavy atom. The first-order chi connectivity index (χ1) is 27.9. The van der Waals surface area contributed by atoms with Crippen molar-refractivity contribution in [1.29, 1.82) is 0 Å². The van der Waals surface area contributed by atoms with Gasteiger partial charge in [0, 0.05) is 30.3 Å². The van der Waals surface area contributed by atoms with Crippen molar-refractivity contribution in [3.8, 4) is 0 Å². The molecule has 0 radical (unpaired) electrons. The van der Waals surface area contributed by atoms with Crippen molar-refractivity contribution in [3.63, 3.8) is 0 Å². The smallest absolute Gasteiger partial charge is 0.305 e. The van der Waals surface area contributed by atoms with Gasteiger partial charge in [0.1, 0.15) is 0 Å². The number of hydrogen-bond acceptors (Lipinski definition) is 6. The van der Waals surface area contributed by atoms with Crippen molar-refractivity contribution >= 4 is 11.9 Å². The van der Waals surface area contributed by atoms with E-state index in [-0.39, 0.29) is 11.9 Å². The van der Waals surface area contributed by atoms with Gasteiger partial charge in [-0.3, -0.25) is 9.59 Å². The van der Waals surface area contributed by atoms with E-state index in [4.69, 9.17) is 14.2 Å². The van der Waals surface area contributed by atoms with Crippen molar-refractivity contribution in [2.45, 2.75) is 271 Å². The molecular formula is C51H97NO5. The molecule has 1 saturated carbocycles. The van der Waals surface area contributed by atoms with Gasteiger partial charge in [-0.2, -0.15) is 0 Å². The van der Waals surface area contributed by atoms with E-state index >= 15 is 0 Å². The number of carbonyl (C=O) groups is 2. The van der Waals surface area contributed by atoms with Gasteiger partial charge < -0.3 is 19.5 Å². The van der Waals surface area contributed by atoms with Gasteiger partial charge in [-0.05, 0) is 63.2 Å². The van der Waals surface area contributed by atoms with Crippen LogP contribution in [0.2, 0.25) is 0 Å². The Labute approximate surface area is 354 Å². The fourth-order valence-corrected chi connectivity index (χ4v) is 9.53. The molecule has 2 rings (SSSR count). The molecule has 0 aromatic rings. The number of ether oxygens (including phenoxy) is 3. The monoisotopic (exact) mass is 804 g/mol. The molecule has 336 valence electrons. The molecule has 0 amide bonds. The van der Waals surface area contributed by atoms with Gasteiger partial charge in [-0.1, -0.05) is 195 Å². The lowest BCUT2D eigenvalue weighted by atomic mass is 9.64. The molecule has 2 fully saturated rings. The number of unbranched alkanes of at least 4 members (excludes halogenated alkanes) is 18. The lowest BCUT2D eigenvalue weighted by molar-refractivity contribution is -0.168. The molecule has 1 N–H and O–H groups in total. The maximum Gasteiger partial charge on any atom is 0.305 e. The summed E-state index contributed by atoms with van der Waals surface area (Å²) in [6, 6.07) is 1.31. The number of esters is 2. The van der Waals surface area contributed by atoms with Crippen molar-refractivity contribution in [2.75, 3.05) is 26.4 Å². The van der Waals surface area contributed by atoms with Crippen LogP contribution in [-0.4, -0.2) is 50.4 Å². The standard InChI is InChI=1S/C51H97NO5/c1-5-9-21-29-45(30-22-10-6-2)37-39-56-49(53)35-27-19-15-13-17-25-33-47(52-48-41-51(42-48)43-55-44-51)34-26-18-14-16-20-28-36-50(54)57-40-38-46(31-23-11-7-3)32-24-12-8-4/h45-48,52H,5-44H2,1-4H3. The van der Waals surface area contributed by atoms with E-state index in [0.717, 1.165) is 63.6 Å². The van der Waals surface area contributed by atoms with E-state index in [0.29, 0.717) is 43.6 Å². The van der Waals surface area contributed by atoms with Crippen molar-refractivity contribution in [1.82, 2.24) is 5.32 Å². The second kappa shape index (κ2) is 35.6. The highest BCUT2D eigenvalue weighted by molar-refractivity contribution is 5.69. The first-order valence-corrected chi connectivity index (χ1v) is 25.6. The summed E-state index contributed by atoms with van der Waals surface area (Å²) < 4.78 is 16.9. The Morgan fingerprint density at radius 1 is 0.491 bits per heavy atom. The van der Waals surface area contributed by atoms with Gasteiger partial charge in [0.05, 0.1) is 26.4 Å². The quantitative estimate of drug-likeness (QED) is 0.0489. The molecule has 6 nitrogen and oxygen atoms in total. The van der Waals surface area contributed by atoms with Gasteiger partial charge in [-0.15, -0.1) is 0 Å². The van der Waals surface area contributed by atoms with Gasteiger partial charge in [-0.25, -0.2) is 0 Å². The zero-order valence-corrected chi connectivity index (χ0v) is 38.6. The van der Waals surface area contributed by atoms with Crippen LogP contribution >= 0.6 is 0 Å². The topological polar surface area (TPSA) is 73.9 Å². The lowest BCUT2D eigenvalue weighted by Gasteiger charge is -2.54. The third-order valence-electron chi connectivity index (χ3n) is 13.5. The molecule has 1 saturated heterocycles. The fraction of sp³-hybridized carbons (Fsp3) is 0.961. The molecule has 57 heavy (non-hydrogen) atoms. The summed E-state index contributed by atoms with van der Waals surface area (Å²) in [7, 11) is 0. The Bertz CT molecular complexity index is 851. The SMILES string of the molecule is CCCCCC(CCCCC)CCOC(=O)CCCCCCCCC(CCCCCCCCC(=O)OCCC(CCCCC)CCCCC)NC1CC2(COC2)C1. The van der Waals surface area contributed by atoms with Gasteiger partial charge >= 0.3 is 11.9 Å². The summed E-state index contributed by atoms with van der Waals surface area (Å²) in [5, 5.41) is 4.06. The minimum atomic E-state index is 0.0146. The molecule has 0 unspecified atom stereocenters. The molecule has 0 aromatic heterocycles. The van der Waals surface area contributed by atoms with Crippen molar-refractivity contribution in [3.05, 3.63) is 0 Å². The van der Waals surface area contributed by atoms with E-state index in [9.17, 15) is 9.59 Å². The molecule has 0 atom stereocenters. The normalized spacial score (nSPS) is 15.1. The van der Waals surface area contributed by atoms with Crippen molar-refractivity contribution < 1.29 is 23.8 Å². The highest BCUT2D eigenvalue weighted by atomic mass is 16.5. The van der Waals surface area contributed by atoms with Crippen LogP contribution in [0.1, 0.15) is 259 Å². The Kier molecular flexibility index (Phi) is 32.5. The molecule has 0 aromatic carbocycles. The van der Waals surface area contributed by atoms with Crippen LogP contribution in [0.3, 0.4) is 0 Å².